The van der Waals surface area contributed by atoms with Crippen LogP contribution in [0.4, 0.5) is 0 Å². The van der Waals surface area contributed by atoms with Crippen LogP contribution in [-0.4, -0.2) is 44.2 Å². The molecular formula is C13H19N3O3. The van der Waals surface area contributed by atoms with Crippen molar-refractivity contribution in [3.63, 3.8) is 0 Å². The molecule has 0 fully saturated rings. The fourth-order valence-corrected chi connectivity index (χ4v) is 1.82. The Bertz CT molecular complexity index is 512. The summed E-state index contributed by atoms with van der Waals surface area (Å²) in [5.74, 6) is -1.38. The lowest BCUT2D eigenvalue weighted by Gasteiger charge is -2.34. The first-order valence-electron chi connectivity index (χ1n) is 6.08. The Balaban J connectivity index is 3.23. The second kappa shape index (κ2) is 5.34. The van der Waals surface area contributed by atoms with Crippen molar-refractivity contribution in [1.82, 2.24) is 15.1 Å². The van der Waals surface area contributed by atoms with E-state index in [1.807, 2.05) is 0 Å². The molecule has 0 aliphatic carbocycles. The van der Waals surface area contributed by atoms with Crippen LogP contribution >= 0.6 is 0 Å². The molecule has 0 radical (unpaired) electrons. The largest absolute Gasteiger partial charge is 0.480 e. The van der Waals surface area contributed by atoms with Gasteiger partial charge in [-0.25, -0.2) is 4.79 Å². The Morgan fingerprint density at radius 1 is 1.32 bits per heavy atom. The minimum absolute atomic E-state index is 0.305. The summed E-state index contributed by atoms with van der Waals surface area (Å²) in [6, 6.07) is 1.63. The molecule has 1 amide bonds. The summed E-state index contributed by atoms with van der Waals surface area (Å²) >= 11 is 0. The van der Waals surface area contributed by atoms with Gasteiger partial charge in [-0.1, -0.05) is 0 Å². The lowest BCUT2D eigenvalue weighted by Crippen LogP contribution is -2.53. The number of hydrogen-bond donors (Lipinski definition) is 1. The molecule has 1 aromatic heterocycles. The number of likely N-dealkylation sites (N-methyl/N-ethyl adjacent to an activating group) is 1. The van der Waals surface area contributed by atoms with Crippen molar-refractivity contribution >= 4 is 11.9 Å². The summed E-state index contributed by atoms with van der Waals surface area (Å²) in [5.41, 5.74) is 0.243. The number of carbonyl (C=O) groups is 2. The van der Waals surface area contributed by atoms with Crippen molar-refractivity contribution < 1.29 is 14.7 Å². The Labute approximate surface area is 112 Å². The van der Waals surface area contributed by atoms with Gasteiger partial charge in [0.25, 0.3) is 5.91 Å². The zero-order valence-electron chi connectivity index (χ0n) is 11.9. The number of aliphatic carboxylic acids is 1. The Morgan fingerprint density at radius 2 is 1.89 bits per heavy atom. The third-order valence-electron chi connectivity index (χ3n) is 3.09. The van der Waals surface area contributed by atoms with Gasteiger partial charge < -0.3 is 10.0 Å². The molecule has 0 atom stereocenters. The molecule has 1 N–H and O–H groups in total. The molecule has 0 spiro atoms. The van der Waals surface area contributed by atoms with Crippen LogP contribution in [0, 0.1) is 13.8 Å². The van der Waals surface area contributed by atoms with Gasteiger partial charge in [-0.3, -0.25) is 4.79 Å². The molecule has 0 bridgehead atoms. The van der Waals surface area contributed by atoms with Crippen molar-refractivity contribution in [2.24, 2.45) is 0 Å². The maximum atomic E-state index is 12.5. The molecule has 104 valence electrons. The summed E-state index contributed by atoms with van der Waals surface area (Å²) in [7, 11) is 0. The molecular weight excluding hydrogens is 246 g/mol. The maximum absolute atomic E-state index is 12.5. The van der Waals surface area contributed by atoms with Crippen LogP contribution in [0.5, 0.6) is 0 Å². The smallest absolute Gasteiger partial charge is 0.329 e. The SMILES string of the molecule is CCN(C(=O)c1cc(C)nnc1C)C(C)(C)C(=O)O. The number of nitrogens with zero attached hydrogens (tertiary/aromatic N) is 3. The first-order chi connectivity index (χ1) is 8.71. The van der Waals surface area contributed by atoms with E-state index in [2.05, 4.69) is 10.2 Å². The molecule has 1 rings (SSSR count). The predicted molar refractivity (Wildman–Crippen MR) is 69.9 cm³/mol. The van der Waals surface area contributed by atoms with Crippen LogP contribution in [0.3, 0.4) is 0 Å². The van der Waals surface area contributed by atoms with E-state index < -0.39 is 11.5 Å². The van der Waals surface area contributed by atoms with Crippen molar-refractivity contribution in [3.8, 4) is 0 Å². The van der Waals surface area contributed by atoms with Crippen LogP contribution in [0.15, 0.2) is 6.07 Å². The molecule has 0 aliphatic heterocycles. The first kappa shape index (κ1) is 15.1. The van der Waals surface area contributed by atoms with Crippen molar-refractivity contribution in [3.05, 3.63) is 23.0 Å². The number of amides is 1. The van der Waals surface area contributed by atoms with E-state index in [0.29, 0.717) is 23.5 Å². The fraction of sp³-hybridized carbons (Fsp3) is 0.538. The minimum Gasteiger partial charge on any atom is -0.480 e. The van der Waals surface area contributed by atoms with E-state index in [9.17, 15) is 14.7 Å². The molecule has 6 nitrogen and oxygen atoms in total. The molecule has 1 heterocycles. The van der Waals surface area contributed by atoms with E-state index in [1.165, 1.54) is 18.7 Å². The number of aromatic nitrogens is 2. The van der Waals surface area contributed by atoms with Gasteiger partial charge in [0.05, 0.1) is 17.0 Å². The van der Waals surface area contributed by atoms with Crippen LogP contribution < -0.4 is 0 Å². The van der Waals surface area contributed by atoms with Gasteiger partial charge in [-0.05, 0) is 40.7 Å². The molecule has 19 heavy (non-hydrogen) atoms. The van der Waals surface area contributed by atoms with Crippen LogP contribution in [-0.2, 0) is 4.79 Å². The number of hydrogen-bond acceptors (Lipinski definition) is 4. The summed E-state index contributed by atoms with van der Waals surface area (Å²) in [5, 5.41) is 17.0. The quantitative estimate of drug-likeness (QED) is 0.890. The lowest BCUT2D eigenvalue weighted by molar-refractivity contribution is -0.147. The monoisotopic (exact) mass is 265 g/mol. The zero-order chi connectivity index (χ0) is 14.8. The molecule has 6 heteroatoms. The van der Waals surface area contributed by atoms with Gasteiger partial charge in [0.15, 0.2) is 0 Å². The first-order valence-corrected chi connectivity index (χ1v) is 6.08. The van der Waals surface area contributed by atoms with E-state index >= 15 is 0 Å². The lowest BCUT2D eigenvalue weighted by atomic mass is 10.0. The third kappa shape index (κ3) is 2.89. The summed E-state index contributed by atoms with van der Waals surface area (Å²) in [6.07, 6.45) is 0. The summed E-state index contributed by atoms with van der Waals surface area (Å²) in [4.78, 5) is 25.1. The maximum Gasteiger partial charge on any atom is 0.329 e. The van der Waals surface area contributed by atoms with Crippen LogP contribution in [0.2, 0.25) is 0 Å². The Kier molecular flexibility index (Phi) is 4.24. The highest BCUT2D eigenvalue weighted by molar-refractivity contribution is 5.98. The number of aryl methyl sites for hydroxylation is 2. The Hall–Kier alpha value is -1.98. The second-order valence-electron chi connectivity index (χ2n) is 4.90. The zero-order valence-corrected chi connectivity index (χ0v) is 11.9. The third-order valence-corrected chi connectivity index (χ3v) is 3.09. The normalized spacial score (nSPS) is 11.2. The average Bonchev–Trinajstić information content (AvgIpc) is 2.32. The predicted octanol–water partition coefficient (Wildman–Crippen LogP) is 1.42. The van der Waals surface area contributed by atoms with E-state index in [0.717, 1.165) is 0 Å². The molecule has 0 aliphatic rings. The van der Waals surface area contributed by atoms with Crippen molar-refractivity contribution in [2.75, 3.05) is 6.54 Å². The van der Waals surface area contributed by atoms with Gasteiger partial charge in [-0.15, -0.1) is 0 Å². The topological polar surface area (TPSA) is 83.4 Å². The Morgan fingerprint density at radius 3 is 2.37 bits per heavy atom. The van der Waals surface area contributed by atoms with Gasteiger partial charge >= 0.3 is 5.97 Å². The molecule has 0 saturated carbocycles. The average molecular weight is 265 g/mol. The fourth-order valence-electron chi connectivity index (χ4n) is 1.82. The highest BCUT2D eigenvalue weighted by Gasteiger charge is 2.37. The van der Waals surface area contributed by atoms with Crippen LogP contribution in [0.25, 0.3) is 0 Å². The number of carboxylic acids is 1. The van der Waals surface area contributed by atoms with Gasteiger partial charge in [0, 0.05) is 6.54 Å². The highest BCUT2D eigenvalue weighted by Crippen LogP contribution is 2.19. The molecule has 0 aromatic carbocycles. The van der Waals surface area contributed by atoms with E-state index in [4.69, 9.17) is 0 Å². The number of carboxylic acid groups (broad SMARTS) is 1. The standard InChI is InChI=1S/C13H19N3O3/c1-6-16(13(4,5)12(18)19)11(17)10-7-8(2)14-15-9(10)3/h7H,6H2,1-5H3,(H,18,19). The summed E-state index contributed by atoms with van der Waals surface area (Å²) < 4.78 is 0. The number of rotatable bonds is 4. The molecule has 1 aromatic rings. The van der Waals surface area contributed by atoms with Crippen molar-refractivity contribution in [1.29, 1.82) is 0 Å². The minimum atomic E-state index is -1.27. The highest BCUT2D eigenvalue weighted by atomic mass is 16.4. The van der Waals surface area contributed by atoms with Gasteiger partial charge in [0.1, 0.15) is 5.54 Å². The van der Waals surface area contributed by atoms with Crippen LogP contribution in [0.1, 0.15) is 42.5 Å². The molecule has 0 saturated heterocycles. The molecule has 0 unspecified atom stereocenters. The summed E-state index contributed by atoms with van der Waals surface area (Å²) in [6.45, 7) is 8.49. The van der Waals surface area contributed by atoms with E-state index in [1.54, 1.807) is 26.8 Å². The van der Waals surface area contributed by atoms with Gasteiger partial charge in [0.2, 0.25) is 0 Å². The second-order valence-corrected chi connectivity index (χ2v) is 4.90. The van der Waals surface area contributed by atoms with E-state index in [-0.39, 0.29) is 5.91 Å². The van der Waals surface area contributed by atoms with Gasteiger partial charge in [-0.2, -0.15) is 10.2 Å². The number of carbonyl (C=O) groups excluding carboxylic acids is 1. The van der Waals surface area contributed by atoms with Crippen molar-refractivity contribution in [2.45, 2.75) is 40.2 Å².